The smallest absolute Gasteiger partial charge is 0.125 e. The molecule has 1 aliphatic carbocycles. The second-order valence-corrected chi connectivity index (χ2v) is 5.26. The fourth-order valence-electron chi connectivity index (χ4n) is 2.39. The SMILES string of the molecule is Cn1c(CCC2(N)CC2)cc2ccc(F)cc21. The zero-order chi connectivity index (χ0) is 12.0. The van der Waals surface area contributed by atoms with Gasteiger partial charge >= 0.3 is 0 Å². The summed E-state index contributed by atoms with van der Waals surface area (Å²) in [5.41, 5.74) is 8.38. The molecule has 1 aliphatic rings. The predicted molar refractivity (Wildman–Crippen MR) is 67.4 cm³/mol. The van der Waals surface area contributed by atoms with Gasteiger partial charge in [-0.1, -0.05) is 0 Å². The maximum atomic E-state index is 13.2. The number of benzene rings is 1. The fourth-order valence-corrected chi connectivity index (χ4v) is 2.39. The first-order chi connectivity index (χ1) is 8.07. The third-order valence-corrected chi connectivity index (χ3v) is 3.88. The molecule has 0 aliphatic heterocycles. The normalized spacial score (nSPS) is 17.6. The molecule has 3 heteroatoms. The fraction of sp³-hybridized carbons (Fsp3) is 0.429. The van der Waals surface area contributed by atoms with E-state index in [4.69, 9.17) is 5.73 Å². The molecule has 0 unspecified atom stereocenters. The molecule has 0 atom stereocenters. The summed E-state index contributed by atoms with van der Waals surface area (Å²) in [4.78, 5) is 0. The summed E-state index contributed by atoms with van der Waals surface area (Å²) in [6, 6.07) is 7.08. The maximum absolute atomic E-state index is 13.2. The Morgan fingerprint density at radius 3 is 2.82 bits per heavy atom. The first kappa shape index (κ1) is 10.8. The van der Waals surface area contributed by atoms with E-state index < -0.39 is 0 Å². The highest BCUT2D eigenvalue weighted by Gasteiger charge is 2.37. The van der Waals surface area contributed by atoms with Crippen LogP contribution in [0.5, 0.6) is 0 Å². The summed E-state index contributed by atoms with van der Waals surface area (Å²) in [6.45, 7) is 0. The number of hydrogen-bond donors (Lipinski definition) is 1. The molecule has 1 heterocycles. The Morgan fingerprint density at radius 1 is 1.35 bits per heavy atom. The van der Waals surface area contributed by atoms with E-state index in [0.29, 0.717) is 0 Å². The number of fused-ring (bicyclic) bond motifs is 1. The van der Waals surface area contributed by atoms with E-state index in [1.807, 2.05) is 13.1 Å². The minimum absolute atomic E-state index is 0.0850. The van der Waals surface area contributed by atoms with Crippen LogP contribution >= 0.6 is 0 Å². The van der Waals surface area contributed by atoms with Crippen molar-refractivity contribution in [2.75, 3.05) is 0 Å². The van der Waals surface area contributed by atoms with Crippen LogP contribution < -0.4 is 5.73 Å². The standard InChI is InChI=1S/C14H17FN2/c1-17-12(4-5-14(16)6-7-14)8-10-2-3-11(15)9-13(10)17/h2-3,8-9H,4-7,16H2,1H3. The van der Waals surface area contributed by atoms with E-state index in [1.54, 1.807) is 6.07 Å². The second kappa shape index (κ2) is 3.57. The molecule has 2 N–H and O–H groups in total. The summed E-state index contributed by atoms with van der Waals surface area (Å²) < 4.78 is 15.3. The van der Waals surface area contributed by atoms with Gasteiger partial charge in [-0.05, 0) is 49.9 Å². The lowest BCUT2D eigenvalue weighted by molar-refractivity contribution is 0.595. The monoisotopic (exact) mass is 232 g/mol. The van der Waals surface area contributed by atoms with Crippen LogP contribution in [0, 0.1) is 5.82 Å². The van der Waals surface area contributed by atoms with Gasteiger partial charge in [0.1, 0.15) is 5.82 Å². The molecule has 1 fully saturated rings. The van der Waals surface area contributed by atoms with Crippen LogP contribution in [0.15, 0.2) is 24.3 Å². The van der Waals surface area contributed by atoms with Crippen LogP contribution in [0.1, 0.15) is 25.0 Å². The minimum atomic E-state index is -0.178. The van der Waals surface area contributed by atoms with E-state index in [-0.39, 0.29) is 11.4 Å². The Kier molecular flexibility index (Phi) is 2.26. The number of aryl methyl sites for hydroxylation is 2. The highest BCUT2D eigenvalue weighted by molar-refractivity contribution is 5.81. The Hall–Kier alpha value is -1.35. The number of hydrogen-bond acceptors (Lipinski definition) is 1. The third kappa shape index (κ3) is 1.95. The molecule has 0 spiro atoms. The van der Waals surface area contributed by atoms with Crippen molar-refractivity contribution < 1.29 is 4.39 Å². The van der Waals surface area contributed by atoms with Gasteiger partial charge in [0.25, 0.3) is 0 Å². The lowest BCUT2D eigenvalue weighted by atomic mass is 10.1. The minimum Gasteiger partial charge on any atom is -0.348 e. The molecule has 0 bridgehead atoms. The summed E-state index contributed by atoms with van der Waals surface area (Å²) >= 11 is 0. The van der Waals surface area contributed by atoms with Gasteiger partial charge in [0.2, 0.25) is 0 Å². The Balaban J connectivity index is 1.91. The van der Waals surface area contributed by atoms with Crippen LogP contribution in [0.3, 0.4) is 0 Å². The molecular weight excluding hydrogens is 215 g/mol. The summed E-state index contributed by atoms with van der Waals surface area (Å²) in [5, 5.41) is 1.10. The molecule has 0 amide bonds. The molecule has 90 valence electrons. The van der Waals surface area contributed by atoms with Crippen LogP contribution in [-0.2, 0) is 13.5 Å². The predicted octanol–water partition coefficient (Wildman–Crippen LogP) is 2.74. The molecule has 3 rings (SSSR count). The number of halogens is 1. The van der Waals surface area contributed by atoms with Gasteiger partial charge in [-0.2, -0.15) is 0 Å². The van der Waals surface area contributed by atoms with E-state index in [1.165, 1.54) is 11.8 Å². The first-order valence-electron chi connectivity index (χ1n) is 6.10. The van der Waals surface area contributed by atoms with Gasteiger partial charge in [0, 0.05) is 23.7 Å². The Labute approximate surface area is 100 Å². The van der Waals surface area contributed by atoms with Crippen molar-refractivity contribution in [3.8, 4) is 0 Å². The van der Waals surface area contributed by atoms with Crippen molar-refractivity contribution in [2.24, 2.45) is 12.8 Å². The number of nitrogens with zero attached hydrogens (tertiary/aromatic N) is 1. The van der Waals surface area contributed by atoms with E-state index in [2.05, 4.69) is 10.6 Å². The lowest BCUT2D eigenvalue weighted by Gasteiger charge is -2.09. The quantitative estimate of drug-likeness (QED) is 0.866. The van der Waals surface area contributed by atoms with Crippen LogP contribution in [0.2, 0.25) is 0 Å². The Bertz CT molecular complexity index is 567. The Morgan fingerprint density at radius 2 is 2.12 bits per heavy atom. The van der Waals surface area contributed by atoms with E-state index in [0.717, 1.165) is 36.6 Å². The average molecular weight is 232 g/mol. The maximum Gasteiger partial charge on any atom is 0.125 e. The van der Waals surface area contributed by atoms with Gasteiger partial charge in [-0.15, -0.1) is 0 Å². The molecule has 1 aromatic heterocycles. The molecule has 1 saturated carbocycles. The van der Waals surface area contributed by atoms with Gasteiger partial charge in [0.15, 0.2) is 0 Å². The zero-order valence-corrected chi connectivity index (χ0v) is 10.0. The molecule has 0 saturated heterocycles. The lowest BCUT2D eigenvalue weighted by Crippen LogP contribution is -2.22. The van der Waals surface area contributed by atoms with Crippen LogP contribution in [-0.4, -0.2) is 10.1 Å². The number of aromatic nitrogens is 1. The van der Waals surface area contributed by atoms with Gasteiger partial charge in [0.05, 0.1) is 5.52 Å². The van der Waals surface area contributed by atoms with Crippen molar-refractivity contribution >= 4 is 10.9 Å². The molecule has 1 aromatic carbocycles. The van der Waals surface area contributed by atoms with Crippen LogP contribution in [0.25, 0.3) is 10.9 Å². The highest BCUT2D eigenvalue weighted by Crippen LogP contribution is 2.36. The second-order valence-electron chi connectivity index (χ2n) is 5.26. The van der Waals surface area contributed by atoms with Crippen molar-refractivity contribution in [1.82, 2.24) is 4.57 Å². The summed E-state index contributed by atoms with van der Waals surface area (Å²) in [6.07, 6.45) is 4.29. The van der Waals surface area contributed by atoms with Crippen molar-refractivity contribution in [2.45, 2.75) is 31.2 Å². The van der Waals surface area contributed by atoms with Crippen molar-refractivity contribution in [3.63, 3.8) is 0 Å². The molecule has 0 radical (unpaired) electrons. The molecule has 2 aromatic rings. The molecule has 17 heavy (non-hydrogen) atoms. The summed E-state index contributed by atoms with van der Waals surface area (Å²) in [7, 11) is 1.99. The molecular formula is C14H17FN2. The van der Waals surface area contributed by atoms with E-state index in [9.17, 15) is 4.39 Å². The van der Waals surface area contributed by atoms with Gasteiger partial charge < -0.3 is 10.3 Å². The zero-order valence-electron chi connectivity index (χ0n) is 10.0. The summed E-state index contributed by atoms with van der Waals surface area (Å²) in [5.74, 6) is -0.178. The largest absolute Gasteiger partial charge is 0.348 e. The van der Waals surface area contributed by atoms with Crippen molar-refractivity contribution in [3.05, 3.63) is 35.8 Å². The van der Waals surface area contributed by atoms with Crippen LogP contribution in [0.4, 0.5) is 4.39 Å². The van der Waals surface area contributed by atoms with Gasteiger partial charge in [-0.3, -0.25) is 0 Å². The first-order valence-corrected chi connectivity index (χ1v) is 6.10. The van der Waals surface area contributed by atoms with E-state index >= 15 is 0 Å². The topological polar surface area (TPSA) is 30.9 Å². The number of rotatable bonds is 3. The third-order valence-electron chi connectivity index (χ3n) is 3.88. The average Bonchev–Trinajstić information content (AvgIpc) is 2.95. The number of nitrogens with two attached hydrogens (primary N) is 1. The highest BCUT2D eigenvalue weighted by atomic mass is 19.1. The van der Waals surface area contributed by atoms with Gasteiger partial charge in [-0.25, -0.2) is 4.39 Å². The molecule has 2 nitrogen and oxygen atoms in total. The van der Waals surface area contributed by atoms with Crippen molar-refractivity contribution in [1.29, 1.82) is 0 Å².